The first-order valence-corrected chi connectivity index (χ1v) is 10.1. The van der Waals surface area contributed by atoms with Gasteiger partial charge in [-0.2, -0.15) is 5.10 Å². The van der Waals surface area contributed by atoms with Crippen LogP contribution < -0.4 is 5.32 Å². The number of ketones is 1. The number of rotatable bonds is 6. The molecule has 2 heterocycles. The van der Waals surface area contributed by atoms with Crippen molar-refractivity contribution < 1.29 is 15.0 Å². The summed E-state index contributed by atoms with van der Waals surface area (Å²) in [7, 11) is 0. The number of halogens is 1. The maximum Gasteiger partial charge on any atom is 0.218 e. The van der Waals surface area contributed by atoms with Gasteiger partial charge in [0.1, 0.15) is 23.9 Å². The predicted molar refractivity (Wildman–Crippen MR) is 111 cm³/mol. The third-order valence-electron chi connectivity index (χ3n) is 5.41. The van der Waals surface area contributed by atoms with E-state index in [0.717, 1.165) is 5.56 Å². The van der Waals surface area contributed by atoms with Crippen molar-refractivity contribution in [1.82, 2.24) is 19.7 Å². The summed E-state index contributed by atoms with van der Waals surface area (Å²) in [6.45, 7) is 2.31. The van der Waals surface area contributed by atoms with Crippen LogP contribution in [0.3, 0.4) is 0 Å². The number of hydrogen-bond donors (Lipinski definition) is 3. The molecule has 0 unspecified atom stereocenters. The molecule has 4 rings (SSSR count). The Labute approximate surface area is 178 Å². The molecule has 0 radical (unpaired) electrons. The summed E-state index contributed by atoms with van der Waals surface area (Å²) in [4.78, 5) is 21.2. The summed E-state index contributed by atoms with van der Waals surface area (Å²) in [6.07, 6.45) is 3.28. The van der Waals surface area contributed by atoms with Crippen LogP contribution in [0.2, 0.25) is 5.02 Å². The van der Waals surface area contributed by atoms with Crippen molar-refractivity contribution in [1.29, 1.82) is 0 Å². The summed E-state index contributed by atoms with van der Waals surface area (Å²) in [5.74, 6) is -0.0860. The molecule has 156 valence electrons. The molecule has 8 nitrogen and oxygen atoms in total. The molecular weight excluding hydrogens is 406 g/mol. The third-order valence-corrected chi connectivity index (χ3v) is 5.78. The molecule has 1 saturated carbocycles. The van der Waals surface area contributed by atoms with E-state index >= 15 is 0 Å². The minimum atomic E-state index is -0.937. The molecule has 3 aromatic rings. The number of nitrogens with one attached hydrogen (secondary N) is 1. The molecule has 9 heteroatoms. The van der Waals surface area contributed by atoms with E-state index in [2.05, 4.69) is 20.4 Å². The van der Waals surface area contributed by atoms with E-state index in [-0.39, 0.29) is 23.0 Å². The van der Waals surface area contributed by atoms with Crippen LogP contribution in [-0.2, 0) is 6.54 Å². The lowest BCUT2D eigenvalue weighted by Gasteiger charge is -2.19. The van der Waals surface area contributed by atoms with E-state index in [0.29, 0.717) is 23.8 Å². The highest BCUT2D eigenvalue weighted by atomic mass is 35.5. The Bertz CT molecular complexity index is 1060. The number of carbonyl (C=O) groups excluding carboxylic acids is 1. The fraction of sp³-hybridized carbons (Fsp3) is 0.333. The lowest BCUT2D eigenvalue weighted by molar-refractivity contribution is 0.0210. The number of anilines is 1. The van der Waals surface area contributed by atoms with Crippen LogP contribution >= 0.6 is 11.6 Å². The summed E-state index contributed by atoms with van der Waals surface area (Å²) in [6, 6.07) is 8.68. The highest BCUT2D eigenvalue weighted by molar-refractivity contribution is 6.31. The Balaban J connectivity index is 1.53. The Kier molecular flexibility index (Phi) is 5.80. The topological polar surface area (TPSA) is 113 Å². The maximum atomic E-state index is 13.1. The molecule has 2 aromatic heterocycles. The third kappa shape index (κ3) is 4.07. The first-order valence-electron chi connectivity index (χ1n) is 9.68. The van der Waals surface area contributed by atoms with Gasteiger partial charge in [-0.15, -0.1) is 0 Å². The van der Waals surface area contributed by atoms with E-state index < -0.39 is 18.2 Å². The van der Waals surface area contributed by atoms with Crippen LogP contribution in [0, 0.1) is 5.92 Å². The largest absolute Gasteiger partial charge is 0.390 e. The minimum Gasteiger partial charge on any atom is -0.390 e. The van der Waals surface area contributed by atoms with Gasteiger partial charge >= 0.3 is 0 Å². The summed E-state index contributed by atoms with van der Waals surface area (Å²) in [5.41, 5.74) is 1.40. The van der Waals surface area contributed by atoms with Gasteiger partial charge in [-0.05, 0) is 30.0 Å². The Morgan fingerprint density at radius 3 is 2.80 bits per heavy atom. The number of aliphatic hydroxyl groups excluding tert-OH is 2. The molecule has 0 spiro atoms. The number of carbonyl (C=O) groups is 1. The molecular formula is C21H22ClN5O3. The fourth-order valence-corrected chi connectivity index (χ4v) is 3.89. The molecule has 1 aliphatic rings. The summed E-state index contributed by atoms with van der Waals surface area (Å²) >= 11 is 6.20. The fourth-order valence-electron chi connectivity index (χ4n) is 3.69. The Morgan fingerprint density at radius 1 is 1.27 bits per heavy atom. The van der Waals surface area contributed by atoms with Crippen LogP contribution in [0.15, 0.2) is 49.1 Å². The predicted octanol–water partition coefficient (Wildman–Crippen LogP) is 2.15. The van der Waals surface area contributed by atoms with E-state index in [4.69, 9.17) is 11.6 Å². The van der Waals surface area contributed by atoms with E-state index in [1.165, 1.54) is 12.5 Å². The normalized spacial score (nSPS) is 23.5. The second-order valence-electron chi connectivity index (χ2n) is 7.55. The van der Waals surface area contributed by atoms with Crippen molar-refractivity contribution in [2.24, 2.45) is 5.92 Å². The molecule has 0 aliphatic heterocycles. The minimum absolute atomic E-state index is 0.0565. The average molecular weight is 428 g/mol. The standard InChI is InChI=1S/C21H22ClN5O3/c1-12-8-17(20(30)18(12)28)25-21-14(9-23-11-24-21)19(29)16-6-7-27(26-16)10-13-4-2-3-5-15(13)22/h2-7,9,11-12,17-18,20,28,30H,8,10H2,1H3,(H,23,24,25)/t12-,17-,18-,20+/m1/s1. The molecule has 3 N–H and O–H groups in total. The molecule has 1 aromatic carbocycles. The van der Waals surface area contributed by atoms with Gasteiger partial charge in [0.05, 0.1) is 24.3 Å². The average Bonchev–Trinajstić information content (AvgIpc) is 3.30. The molecule has 0 bridgehead atoms. The van der Waals surface area contributed by atoms with Gasteiger partial charge in [-0.3, -0.25) is 9.48 Å². The van der Waals surface area contributed by atoms with Gasteiger partial charge in [0, 0.05) is 17.4 Å². The lowest BCUT2D eigenvalue weighted by atomic mass is 10.1. The number of nitrogens with zero attached hydrogens (tertiary/aromatic N) is 4. The SMILES string of the molecule is C[C@@H]1C[C@@H](Nc2ncncc2C(=O)c2ccn(Cc3ccccc3Cl)n2)[C@H](O)[C@@H]1O. The van der Waals surface area contributed by atoms with Gasteiger partial charge in [0.25, 0.3) is 0 Å². The first-order chi connectivity index (χ1) is 14.4. The number of benzene rings is 1. The highest BCUT2D eigenvalue weighted by Crippen LogP contribution is 2.29. The Morgan fingerprint density at radius 2 is 2.07 bits per heavy atom. The molecule has 4 atom stereocenters. The second-order valence-corrected chi connectivity index (χ2v) is 7.96. The van der Waals surface area contributed by atoms with Gasteiger partial charge in [-0.25, -0.2) is 9.97 Å². The quantitative estimate of drug-likeness (QED) is 0.516. The van der Waals surface area contributed by atoms with E-state index in [1.807, 2.05) is 25.1 Å². The molecule has 30 heavy (non-hydrogen) atoms. The molecule has 1 fully saturated rings. The van der Waals surface area contributed by atoms with Crippen LogP contribution in [0.1, 0.15) is 35.0 Å². The van der Waals surface area contributed by atoms with Gasteiger partial charge in [0.2, 0.25) is 5.78 Å². The number of hydrogen-bond acceptors (Lipinski definition) is 7. The van der Waals surface area contributed by atoms with Crippen molar-refractivity contribution in [3.8, 4) is 0 Å². The Hall–Kier alpha value is -2.81. The summed E-state index contributed by atoms with van der Waals surface area (Å²) < 4.78 is 1.64. The van der Waals surface area contributed by atoms with Gasteiger partial charge < -0.3 is 15.5 Å². The summed E-state index contributed by atoms with van der Waals surface area (Å²) in [5, 5.41) is 28.3. The maximum absolute atomic E-state index is 13.1. The number of aliphatic hydroxyl groups is 2. The van der Waals surface area contributed by atoms with Crippen molar-refractivity contribution in [2.75, 3.05) is 5.32 Å². The number of aromatic nitrogens is 4. The zero-order chi connectivity index (χ0) is 21.3. The smallest absolute Gasteiger partial charge is 0.218 e. The van der Waals surface area contributed by atoms with Crippen LogP contribution in [0.25, 0.3) is 0 Å². The van der Waals surface area contributed by atoms with Crippen molar-refractivity contribution in [2.45, 2.75) is 38.1 Å². The monoisotopic (exact) mass is 427 g/mol. The van der Waals surface area contributed by atoms with E-state index in [1.54, 1.807) is 23.0 Å². The lowest BCUT2D eigenvalue weighted by Crippen LogP contribution is -2.35. The molecule has 0 saturated heterocycles. The first kappa shape index (κ1) is 20.5. The second kappa shape index (κ2) is 8.51. The van der Waals surface area contributed by atoms with Crippen LogP contribution in [-0.4, -0.2) is 54.0 Å². The van der Waals surface area contributed by atoms with E-state index in [9.17, 15) is 15.0 Å². The van der Waals surface area contributed by atoms with Crippen molar-refractivity contribution in [3.63, 3.8) is 0 Å². The van der Waals surface area contributed by atoms with Crippen LogP contribution in [0.5, 0.6) is 0 Å². The van der Waals surface area contributed by atoms with Crippen molar-refractivity contribution >= 4 is 23.2 Å². The van der Waals surface area contributed by atoms with Crippen molar-refractivity contribution in [3.05, 3.63) is 70.9 Å². The molecule has 1 aliphatic carbocycles. The van der Waals surface area contributed by atoms with Crippen LogP contribution in [0.4, 0.5) is 5.82 Å². The zero-order valence-corrected chi connectivity index (χ0v) is 17.1. The molecule has 0 amide bonds. The zero-order valence-electron chi connectivity index (χ0n) is 16.3. The highest BCUT2D eigenvalue weighted by Gasteiger charge is 2.39. The van der Waals surface area contributed by atoms with Gasteiger partial charge in [0.15, 0.2) is 0 Å². The van der Waals surface area contributed by atoms with Gasteiger partial charge in [-0.1, -0.05) is 36.7 Å².